The Kier molecular flexibility index (Phi) is 5.04. The maximum atomic E-state index is 6.01. The first-order valence-corrected chi connectivity index (χ1v) is 7.15. The van der Waals surface area contributed by atoms with Crippen LogP contribution in [0.3, 0.4) is 0 Å². The van der Waals surface area contributed by atoms with Crippen molar-refractivity contribution in [3.05, 3.63) is 46.2 Å². The van der Waals surface area contributed by atoms with E-state index in [9.17, 15) is 0 Å². The quantitative estimate of drug-likeness (QED) is 0.891. The lowest BCUT2D eigenvalue weighted by Crippen LogP contribution is -2.07. The first kappa shape index (κ1) is 14.9. The Labute approximate surface area is 124 Å². The number of hydrogen-bond donors (Lipinski definition) is 1. The van der Waals surface area contributed by atoms with Crippen molar-refractivity contribution in [3.63, 3.8) is 0 Å². The second kappa shape index (κ2) is 6.77. The minimum Gasteiger partial charge on any atom is -0.487 e. The van der Waals surface area contributed by atoms with Crippen LogP contribution in [0.15, 0.2) is 24.3 Å². The van der Waals surface area contributed by atoms with Crippen LogP contribution >= 0.6 is 11.6 Å². The smallest absolute Gasteiger partial charge is 0.130 e. The fourth-order valence-electron chi connectivity index (χ4n) is 2.07. The van der Waals surface area contributed by atoms with Crippen molar-refractivity contribution in [1.82, 2.24) is 9.78 Å². The zero-order chi connectivity index (χ0) is 14.5. The van der Waals surface area contributed by atoms with Crippen LogP contribution in [0, 0.1) is 0 Å². The van der Waals surface area contributed by atoms with Crippen LogP contribution in [-0.2, 0) is 26.5 Å². The number of aromatic nitrogens is 2. The summed E-state index contributed by atoms with van der Waals surface area (Å²) in [6.45, 7) is 3.15. The summed E-state index contributed by atoms with van der Waals surface area (Å²) in [4.78, 5) is 0. The molecule has 2 N–H and O–H groups in total. The molecule has 1 heterocycles. The Balaban J connectivity index is 2.11. The van der Waals surface area contributed by atoms with E-state index in [4.69, 9.17) is 22.1 Å². The number of hydrogen-bond acceptors (Lipinski definition) is 3. The molecular formula is C15H20ClN3O. The third-order valence-corrected chi connectivity index (χ3v) is 3.44. The van der Waals surface area contributed by atoms with Gasteiger partial charge in [-0.1, -0.05) is 18.5 Å². The molecule has 20 heavy (non-hydrogen) atoms. The van der Waals surface area contributed by atoms with Gasteiger partial charge in [0.15, 0.2) is 0 Å². The van der Waals surface area contributed by atoms with Crippen molar-refractivity contribution < 1.29 is 4.74 Å². The first-order valence-electron chi connectivity index (χ1n) is 6.77. The van der Waals surface area contributed by atoms with Crippen LogP contribution in [0.5, 0.6) is 5.75 Å². The van der Waals surface area contributed by atoms with Crippen LogP contribution in [-0.4, -0.2) is 16.3 Å². The zero-order valence-electron chi connectivity index (χ0n) is 11.9. The van der Waals surface area contributed by atoms with E-state index in [0.29, 0.717) is 18.2 Å². The second-order valence-electron chi connectivity index (χ2n) is 4.68. The van der Waals surface area contributed by atoms with E-state index in [-0.39, 0.29) is 0 Å². The number of rotatable bonds is 6. The lowest BCUT2D eigenvalue weighted by atomic mass is 10.1. The SMILES string of the molecule is CCc1cc(COc2ccc(Cl)cc2CCN)n(C)n1. The van der Waals surface area contributed by atoms with Gasteiger partial charge >= 0.3 is 0 Å². The van der Waals surface area contributed by atoms with Crippen molar-refractivity contribution in [2.75, 3.05) is 6.54 Å². The third-order valence-electron chi connectivity index (χ3n) is 3.20. The van der Waals surface area contributed by atoms with Crippen LogP contribution in [0.2, 0.25) is 5.02 Å². The summed E-state index contributed by atoms with van der Waals surface area (Å²) < 4.78 is 7.75. The van der Waals surface area contributed by atoms with Crippen LogP contribution < -0.4 is 10.5 Å². The van der Waals surface area contributed by atoms with Gasteiger partial charge in [-0.2, -0.15) is 5.10 Å². The van der Waals surface area contributed by atoms with Gasteiger partial charge in [-0.25, -0.2) is 0 Å². The molecule has 5 heteroatoms. The number of halogens is 1. The fourth-order valence-corrected chi connectivity index (χ4v) is 2.27. The molecule has 0 bridgehead atoms. The summed E-state index contributed by atoms with van der Waals surface area (Å²) in [7, 11) is 1.93. The van der Waals surface area contributed by atoms with Gasteiger partial charge in [0, 0.05) is 12.1 Å². The van der Waals surface area contributed by atoms with Gasteiger partial charge in [0.1, 0.15) is 12.4 Å². The Hall–Kier alpha value is -1.52. The average Bonchev–Trinajstić information content (AvgIpc) is 2.79. The molecule has 2 rings (SSSR count). The zero-order valence-corrected chi connectivity index (χ0v) is 12.7. The Morgan fingerprint density at radius 2 is 2.15 bits per heavy atom. The molecule has 0 spiro atoms. The minimum absolute atomic E-state index is 0.489. The van der Waals surface area contributed by atoms with Crippen molar-refractivity contribution in [2.45, 2.75) is 26.4 Å². The Morgan fingerprint density at radius 1 is 1.35 bits per heavy atom. The van der Waals surface area contributed by atoms with Crippen molar-refractivity contribution in [1.29, 1.82) is 0 Å². The molecule has 0 saturated carbocycles. The van der Waals surface area contributed by atoms with E-state index >= 15 is 0 Å². The van der Waals surface area contributed by atoms with Gasteiger partial charge in [0.05, 0.1) is 11.4 Å². The molecule has 0 fully saturated rings. The first-order chi connectivity index (χ1) is 9.63. The predicted octanol–water partition coefficient (Wildman–Crippen LogP) is 2.72. The summed E-state index contributed by atoms with van der Waals surface area (Å²) in [5, 5.41) is 5.11. The maximum Gasteiger partial charge on any atom is 0.130 e. The molecule has 1 aromatic heterocycles. The van der Waals surface area contributed by atoms with E-state index in [2.05, 4.69) is 18.1 Å². The molecule has 1 aromatic carbocycles. The van der Waals surface area contributed by atoms with Gasteiger partial charge in [-0.3, -0.25) is 4.68 Å². The second-order valence-corrected chi connectivity index (χ2v) is 5.12. The van der Waals surface area contributed by atoms with Crippen molar-refractivity contribution in [2.24, 2.45) is 12.8 Å². The van der Waals surface area contributed by atoms with E-state index in [1.165, 1.54) is 0 Å². The lowest BCUT2D eigenvalue weighted by Gasteiger charge is -2.11. The molecule has 0 aliphatic rings. The molecule has 108 valence electrons. The summed E-state index contributed by atoms with van der Waals surface area (Å²) in [5.41, 5.74) is 8.78. The van der Waals surface area contributed by atoms with E-state index in [0.717, 1.165) is 35.5 Å². The predicted molar refractivity (Wildman–Crippen MR) is 81.1 cm³/mol. The number of aryl methyl sites for hydroxylation is 2. The maximum absolute atomic E-state index is 6.01. The van der Waals surface area contributed by atoms with E-state index < -0.39 is 0 Å². The van der Waals surface area contributed by atoms with Crippen molar-refractivity contribution in [3.8, 4) is 5.75 Å². The summed E-state index contributed by atoms with van der Waals surface area (Å²) >= 11 is 6.01. The number of ether oxygens (including phenoxy) is 1. The van der Waals surface area contributed by atoms with E-state index in [1.54, 1.807) is 0 Å². The molecule has 0 amide bonds. The van der Waals surface area contributed by atoms with Gasteiger partial charge in [0.25, 0.3) is 0 Å². The molecular weight excluding hydrogens is 274 g/mol. The molecule has 2 aromatic rings. The van der Waals surface area contributed by atoms with Gasteiger partial charge in [0.2, 0.25) is 0 Å². The van der Waals surface area contributed by atoms with Gasteiger partial charge in [-0.15, -0.1) is 0 Å². The van der Waals surface area contributed by atoms with Gasteiger partial charge < -0.3 is 10.5 Å². The molecule has 0 aliphatic carbocycles. The highest BCUT2D eigenvalue weighted by atomic mass is 35.5. The summed E-state index contributed by atoms with van der Waals surface area (Å²) in [6, 6.07) is 7.70. The molecule has 0 saturated heterocycles. The highest BCUT2D eigenvalue weighted by Crippen LogP contribution is 2.24. The van der Waals surface area contributed by atoms with Crippen molar-refractivity contribution >= 4 is 11.6 Å². The molecule has 0 atom stereocenters. The third kappa shape index (κ3) is 3.52. The number of benzene rings is 1. The molecule has 4 nitrogen and oxygen atoms in total. The number of nitrogens with two attached hydrogens (primary N) is 1. The van der Waals surface area contributed by atoms with Gasteiger partial charge in [-0.05, 0) is 49.2 Å². The summed E-state index contributed by atoms with van der Waals surface area (Å²) in [6.07, 6.45) is 1.68. The van der Waals surface area contributed by atoms with E-state index in [1.807, 2.05) is 29.9 Å². The van der Waals surface area contributed by atoms with Crippen LogP contribution in [0.1, 0.15) is 23.9 Å². The Bertz CT molecular complexity index is 580. The monoisotopic (exact) mass is 293 g/mol. The number of nitrogens with zero attached hydrogens (tertiary/aromatic N) is 2. The van der Waals surface area contributed by atoms with Crippen LogP contribution in [0.4, 0.5) is 0 Å². The Morgan fingerprint density at radius 3 is 2.80 bits per heavy atom. The lowest BCUT2D eigenvalue weighted by molar-refractivity contribution is 0.292. The standard InChI is InChI=1S/C15H20ClN3O/c1-3-13-9-14(19(2)18-13)10-20-15-5-4-12(16)8-11(15)6-7-17/h4-5,8-9H,3,6-7,10,17H2,1-2H3. The van der Waals surface area contributed by atoms with Crippen LogP contribution in [0.25, 0.3) is 0 Å². The fraction of sp³-hybridized carbons (Fsp3) is 0.400. The average molecular weight is 294 g/mol. The largest absolute Gasteiger partial charge is 0.487 e. The molecule has 0 aliphatic heterocycles. The minimum atomic E-state index is 0.489. The highest BCUT2D eigenvalue weighted by Gasteiger charge is 2.08. The topological polar surface area (TPSA) is 53.1 Å². The highest BCUT2D eigenvalue weighted by molar-refractivity contribution is 6.30. The molecule has 0 unspecified atom stereocenters. The summed E-state index contributed by atoms with van der Waals surface area (Å²) in [5.74, 6) is 0.832. The normalized spacial score (nSPS) is 10.8. The molecule has 0 radical (unpaired) electrons.